The highest BCUT2D eigenvalue weighted by molar-refractivity contribution is 14.0. The van der Waals surface area contributed by atoms with Gasteiger partial charge < -0.3 is 20.3 Å². The zero-order chi connectivity index (χ0) is 20.8. The van der Waals surface area contributed by atoms with Gasteiger partial charge in [0.15, 0.2) is 5.96 Å². The summed E-state index contributed by atoms with van der Waals surface area (Å²) in [5.74, 6) is -0.0685. The van der Waals surface area contributed by atoms with E-state index in [1.807, 2.05) is 24.3 Å². The van der Waals surface area contributed by atoms with Gasteiger partial charge in [0.05, 0.1) is 25.7 Å². The molecule has 1 unspecified atom stereocenters. The summed E-state index contributed by atoms with van der Waals surface area (Å²) in [6, 6.07) is 10.8. The van der Waals surface area contributed by atoms with E-state index >= 15 is 0 Å². The molecule has 1 aliphatic heterocycles. The van der Waals surface area contributed by atoms with Gasteiger partial charge in [0.25, 0.3) is 0 Å². The van der Waals surface area contributed by atoms with Crippen molar-refractivity contribution in [3.63, 3.8) is 0 Å². The van der Waals surface area contributed by atoms with Crippen LogP contribution in [0.3, 0.4) is 0 Å². The van der Waals surface area contributed by atoms with Gasteiger partial charge in [-0.05, 0) is 24.3 Å². The third-order valence-corrected chi connectivity index (χ3v) is 4.59. The van der Waals surface area contributed by atoms with Gasteiger partial charge in [-0.15, -0.1) is 24.0 Å². The summed E-state index contributed by atoms with van der Waals surface area (Å²) in [5.41, 5.74) is 1.11. The fourth-order valence-corrected chi connectivity index (χ4v) is 2.96. The number of carbonyl (C=O) groups excluding carboxylic acids is 1. The Kier molecular flexibility index (Phi) is 8.82. The Bertz CT molecular complexity index is 908. The highest BCUT2D eigenvalue weighted by Gasteiger charge is 2.22. The first-order chi connectivity index (χ1) is 13.9. The number of benzene rings is 2. The van der Waals surface area contributed by atoms with Gasteiger partial charge in [-0.1, -0.05) is 18.2 Å². The summed E-state index contributed by atoms with van der Waals surface area (Å²) < 4.78 is 33.1. The first-order valence-electron chi connectivity index (χ1n) is 9.34. The number of nitrogens with one attached hydrogen (secondary N) is 2. The van der Waals surface area contributed by atoms with E-state index in [0.29, 0.717) is 19.0 Å². The Morgan fingerprint density at radius 3 is 2.77 bits per heavy atom. The van der Waals surface area contributed by atoms with Gasteiger partial charge >= 0.3 is 0 Å². The third-order valence-electron chi connectivity index (χ3n) is 4.59. The van der Waals surface area contributed by atoms with Gasteiger partial charge in [-0.2, -0.15) is 0 Å². The second-order valence-corrected chi connectivity index (χ2v) is 6.91. The highest BCUT2D eigenvalue weighted by atomic mass is 127. The van der Waals surface area contributed by atoms with E-state index in [1.54, 1.807) is 14.1 Å². The van der Waals surface area contributed by atoms with Crippen LogP contribution in [0.4, 0.5) is 8.78 Å². The molecule has 0 aromatic heterocycles. The predicted molar refractivity (Wildman–Crippen MR) is 122 cm³/mol. The van der Waals surface area contributed by atoms with Crippen molar-refractivity contribution < 1.29 is 18.3 Å². The largest absolute Gasteiger partial charge is 0.493 e. The van der Waals surface area contributed by atoms with Crippen molar-refractivity contribution in [2.45, 2.75) is 19.0 Å². The van der Waals surface area contributed by atoms with Crippen LogP contribution in [-0.4, -0.2) is 44.0 Å². The van der Waals surface area contributed by atoms with E-state index in [-0.39, 0.29) is 54.6 Å². The number of guanidine groups is 1. The minimum atomic E-state index is -0.532. The van der Waals surface area contributed by atoms with Gasteiger partial charge in [0.1, 0.15) is 17.4 Å². The Labute approximate surface area is 191 Å². The van der Waals surface area contributed by atoms with Crippen molar-refractivity contribution >= 4 is 35.8 Å². The van der Waals surface area contributed by atoms with E-state index < -0.39 is 11.6 Å². The van der Waals surface area contributed by atoms with Crippen molar-refractivity contribution in [3.8, 4) is 5.75 Å². The molecule has 162 valence electrons. The lowest BCUT2D eigenvalue weighted by atomic mass is 10.0. The first kappa shape index (κ1) is 23.8. The van der Waals surface area contributed by atoms with Gasteiger partial charge in [0, 0.05) is 31.6 Å². The van der Waals surface area contributed by atoms with Gasteiger partial charge in [-0.25, -0.2) is 13.8 Å². The summed E-state index contributed by atoms with van der Waals surface area (Å²) in [6.07, 6.45) is 0.702. The molecule has 0 saturated heterocycles. The summed E-state index contributed by atoms with van der Waals surface area (Å²) in [5, 5.41) is 6.26. The molecule has 2 aromatic carbocycles. The molecule has 30 heavy (non-hydrogen) atoms. The molecule has 1 aliphatic rings. The molecule has 3 rings (SSSR count). The number of rotatable bonds is 5. The molecule has 0 fully saturated rings. The number of hydrogen-bond acceptors (Lipinski definition) is 3. The standard InChI is InChI=1S/C21H24F2N4O2.HI/c1-27(2)20(28)13-25-21(24-12-14-11-15(22)7-8-17(14)23)26-18-9-10-29-19-6-4-3-5-16(18)19;/h3-8,11,18H,9-10,12-13H2,1-2H3,(H2,24,25,26);1H. The number of para-hydroxylation sites is 1. The number of hydrogen-bond donors (Lipinski definition) is 2. The number of likely N-dealkylation sites (N-methyl/N-ethyl adjacent to an activating group) is 1. The predicted octanol–water partition coefficient (Wildman–Crippen LogP) is 3.23. The zero-order valence-electron chi connectivity index (χ0n) is 16.8. The highest BCUT2D eigenvalue weighted by Crippen LogP contribution is 2.31. The normalized spacial score (nSPS) is 15.3. The number of carbonyl (C=O) groups is 1. The van der Waals surface area contributed by atoms with E-state index in [2.05, 4.69) is 15.6 Å². The molecule has 0 saturated carbocycles. The average molecular weight is 530 g/mol. The fourth-order valence-electron chi connectivity index (χ4n) is 2.96. The molecular formula is C21H25F2IN4O2. The lowest BCUT2D eigenvalue weighted by Crippen LogP contribution is -2.45. The molecule has 6 nitrogen and oxygen atoms in total. The number of halogens is 3. The molecule has 0 aliphatic carbocycles. The summed E-state index contributed by atoms with van der Waals surface area (Å²) in [4.78, 5) is 17.8. The molecule has 0 radical (unpaired) electrons. The fraction of sp³-hybridized carbons (Fsp3) is 0.333. The second kappa shape index (κ2) is 11.1. The summed E-state index contributed by atoms with van der Waals surface area (Å²) >= 11 is 0. The Balaban J connectivity index is 0.00000320. The Morgan fingerprint density at radius 1 is 1.23 bits per heavy atom. The second-order valence-electron chi connectivity index (χ2n) is 6.91. The van der Waals surface area contributed by atoms with Crippen LogP contribution in [0.1, 0.15) is 23.6 Å². The molecule has 0 spiro atoms. The molecule has 2 aromatic rings. The topological polar surface area (TPSA) is 66.0 Å². The van der Waals surface area contributed by atoms with Crippen LogP contribution in [0.5, 0.6) is 5.75 Å². The monoisotopic (exact) mass is 530 g/mol. The summed E-state index contributed by atoms with van der Waals surface area (Å²) in [7, 11) is 3.32. The number of aliphatic imine (C=N–C) groups is 1. The number of fused-ring (bicyclic) bond motifs is 1. The summed E-state index contributed by atoms with van der Waals surface area (Å²) in [6.45, 7) is 0.492. The number of ether oxygens (including phenoxy) is 1. The van der Waals surface area contributed by atoms with Crippen molar-refractivity contribution in [1.82, 2.24) is 15.5 Å². The van der Waals surface area contributed by atoms with Crippen LogP contribution in [0.2, 0.25) is 0 Å². The molecular weight excluding hydrogens is 505 g/mol. The van der Waals surface area contributed by atoms with Crippen molar-refractivity contribution in [3.05, 3.63) is 65.2 Å². The van der Waals surface area contributed by atoms with Crippen LogP contribution in [0.25, 0.3) is 0 Å². The van der Waals surface area contributed by atoms with Gasteiger partial charge in [-0.3, -0.25) is 4.79 Å². The minimum Gasteiger partial charge on any atom is -0.493 e. The molecule has 1 amide bonds. The van der Waals surface area contributed by atoms with E-state index in [9.17, 15) is 13.6 Å². The first-order valence-corrected chi connectivity index (χ1v) is 9.34. The smallest absolute Gasteiger partial charge is 0.241 e. The zero-order valence-corrected chi connectivity index (χ0v) is 19.2. The number of nitrogens with zero attached hydrogens (tertiary/aromatic N) is 2. The van der Waals surface area contributed by atoms with Crippen molar-refractivity contribution in [1.29, 1.82) is 0 Å². The SMILES string of the molecule is CN(C)C(=O)CNC(=NCc1cc(F)ccc1F)NC1CCOc2ccccc21.I. The Hall–Kier alpha value is -2.43. The van der Waals surface area contributed by atoms with E-state index in [4.69, 9.17) is 4.74 Å². The molecule has 1 atom stereocenters. The van der Waals surface area contributed by atoms with E-state index in [1.165, 1.54) is 4.90 Å². The van der Waals surface area contributed by atoms with Crippen LogP contribution < -0.4 is 15.4 Å². The quantitative estimate of drug-likeness (QED) is 0.354. The maximum Gasteiger partial charge on any atom is 0.241 e. The van der Waals surface area contributed by atoms with Crippen LogP contribution in [0.15, 0.2) is 47.5 Å². The van der Waals surface area contributed by atoms with Crippen LogP contribution >= 0.6 is 24.0 Å². The lowest BCUT2D eigenvalue weighted by molar-refractivity contribution is -0.127. The average Bonchev–Trinajstić information content (AvgIpc) is 2.72. The van der Waals surface area contributed by atoms with Crippen molar-refractivity contribution in [2.75, 3.05) is 27.2 Å². The van der Waals surface area contributed by atoms with Gasteiger partial charge in [0.2, 0.25) is 5.91 Å². The maximum absolute atomic E-state index is 13.9. The molecule has 0 bridgehead atoms. The molecule has 9 heteroatoms. The maximum atomic E-state index is 13.9. The lowest BCUT2D eigenvalue weighted by Gasteiger charge is -2.28. The van der Waals surface area contributed by atoms with Crippen LogP contribution in [-0.2, 0) is 11.3 Å². The van der Waals surface area contributed by atoms with Crippen molar-refractivity contribution in [2.24, 2.45) is 4.99 Å². The minimum absolute atomic E-state index is 0. The molecule has 2 N–H and O–H groups in total. The van der Waals surface area contributed by atoms with E-state index in [0.717, 1.165) is 29.5 Å². The third kappa shape index (κ3) is 6.28. The number of amides is 1. The Morgan fingerprint density at radius 2 is 2.00 bits per heavy atom. The molecule has 1 heterocycles. The van der Waals surface area contributed by atoms with Crippen LogP contribution in [0, 0.1) is 11.6 Å².